The Kier molecular flexibility index (Phi) is 4.59. The van der Waals surface area contributed by atoms with E-state index >= 15 is 0 Å². The fourth-order valence-corrected chi connectivity index (χ4v) is 1.26. The largest absolute Gasteiger partial charge is 0.480 e. The molecule has 0 aromatic heterocycles. The van der Waals surface area contributed by atoms with E-state index in [1.807, 2.05) is 0 Å². The Hall–Kier alpha value is -1.95. The molecule has 17 heavy (non-hydrogen) atoms. The molecule has 0 heterocycles. The maximum absolute atomic E-state index is 12.6. The van der Waals surface area contributed by atoms with Gasteiger partial charge in [-0.15, -0.1) is 0 Å². The summed E-state index contributed by atoms with van der Waals surface area (Å²) in [5.74, 6) is -2.04. The average Bonchev–Trinajstić information content (AvgIpc) is 2.28. The van der Waals surface area contributed by atoms with Gasteiger partial charge >= 0.3 is 5.97 Å². The smallest absolute Gasteiger partial charge is 0.322 e. The number of carboxylic acid groups (broad SMARTS) is 1. The van der Waals surface area contributed by atoms with Crippen LogP contribution in [0.2, 0.25) is 0 Å². The number of halogens is 1. The van der Waals surface area contributed by atoms with E-state index in [0.717, 1.165) is 0 Å². The van der Waals surface area contributed by atoms with Crippen LogP contribution in [0, 0.1) is 5.82 Å². The summed E-state index contributed by atoms with van der Waals surface area (Å²) in [6.07, 6.45) is 0.228. The summed E-state index contributed by atoms with van der Waals surface area (Å²) in [4.78, 5) is 21.6. The highest BCUT2D eigenvalue weighted by atomic mass is 19.1. The minimum Gasteiger partial charge on any atom is -0.480 e. The molecule has 0 radical (unpaired) electrons. The van der Waals surface area contributed by atoms with Gasteiger partial charge in [-0.05, 0) is 24.1 Å². The van der Waals surface area contributed by atoms with Crippen LogP contribution in [-0.2, 0) is 16.0 Å². The number of nitrogens with two attached hydrogens (primary N) is 1. The first-order valence-electron chi connectivity index (χ1n) is 4.98. The van der Waals surface area contributed by atoms with Crippen LogP contribution >= 0.6 is 0 Å². The first-order chi connectivity index (χ1) is 7.99. The second-order valence-corrected chi connectivity index (χ2v) is 3.55. The number of aliphatic carboxylic acids is 1. The lowest BCUT2D eigenvalue weighted by Gasteiger charge is -2.11. The van der Waals surface area contributed by atoms with Crippen LogP contribution in [-0.4, -0.2) is 29.6 Å². The number of benzene rings is 1. The molecule has 1 amide bonds. The maximum atomic E-state index is 12.6. The number of hydrogen-bond donors (Lipinski definition) is 3. The van der Waals surface area contributed by atoms with Gasteiger partial charge in [-0.2, -0.15) is 0 Å². The van der Waals surface area contributed by atoms with E-state index in [1.54, 1.807) is 0 Å². The first-order valence-corrected chi connectivity index (χ1v) is 4.98. The number of hydrogen-bond acceptors (Lipinski definition) is 3. The van der Waals surface area contributed by atoms with Crippen molar-refractivity contribution in [2.45, 2.75) is 12.5 Å². The molecule has 5 nitrogen and oxygen atoms in total. The number of carbonyl (C=O) groups excluding carboxylic acids is 1. The molecule has 0 fully saturated rings. The SMILES string of the molecule is N[C@@H](Cc1ccc(F)cc1)C(=O)NCC(=O)O. The van der Waals surface area contributed by atoms with Gasteiger partial charge in [0.25, 0.3) is 0 Å². The molecule has 6 heteroatoms. The predicted octanol–water partition coefficient (Wildman–Crippen LogP) is -0.104. The highest BCUT2D eigenvalue weighted by molar-refractivity contribution is 5.85. The number of carbonyl (C=O) groups is 2. The van der Waals surface area contributed by atoms with E-state index in [0.29, 0.717) is 5.56 Å². The second-order valence-electron chi connectivity index (χ2n) is 3.55. The third-order valence-corrected chi connectivity index (χ3v) is 2.12. The van der Waals surface area contributed by atoms with Crippen LogP contribution < -0.4 is 11.1 Å². The van der Waals surface area contributed by atoms with Gasteiger partial charge < -0.3 is 16.2 Å². The van der Waals surface area contributed by atoms with E-state index in [9.17, 15) is 14.0 Å². The Labute approximate surface area is 97.4 Å². The van der Waals surface area contributed by atoms with Crippen molar-refractivity contribution in [3.8, 4) is 0 Å². The van der Waals surface area contributed by atoms with E-state index in [2.05, 4.69) is 5.32 Å². The summed E-state index contributed by atoms with van der Waals surface area (Å²) >= 11 is 0. The number of rotatable bonds is 5. The van der Waals surface area contributed by atoms with Crippen LogP contribution in [0.5, 0.6) is 0 Å². The zero-order chi connectivity index (χ0) is 12.8. The normalized spacial score (nSPS) is 11.9. The van der Waals surface area contributed by atoms with Gasteiger partial charge in [0.15, 0.2) is 0 Å². The highest BCUT2D eigenvalue weighted by Crippen LogP contribution is 2.04. The molecule has 0 saturated heterocycles. The Bertz CT molecular complexity index is 406. The summed E-state index contributed by atoms with van der Waals surface area (Å²) in [7, 11) is 0. The minimum absolute atomic E-state index is 0.228. The first kappa shape index (κ1) is 13.1. The lowest BCUT2D eigenvalue weighted by molar-refractivity contribution is -0.138. The van der Waals surface area contributed by atoms with Crippen molar-refractivity contribution in [1.29, 1.82) is 0 Å². The summed E-state index contributed by atoms with van der Waals surface area (Å²) in [6.45, 7) is -0.462. The summed E-state index contributed by atoms with van der Waals surface area (Å²) in [5.41, 5.74) is 6.29. The van der Waals surface area contributed by atoms with Crippen molar-refractivity contribution in [2.75, 3.05) is 6.54 Å². The monoisotopic (exact) mass is 240 g/mol. The molecule has 0 aliphatic heterocycles. The lowest BCUT2D eigenvalue weighted by atomic mass is 10.1. The Morgan fingerprint density at radius 1 is 1.35 bits per heavy atom. The molecule has 1 aromatic rings. The van der Waals surface area contributed by atoms with Crippen molar-refractivity contribution in [1.82, 2.24) is 5.32 Å². The highest BCUT2D eigenvalue weighted by Gasteiger charge is 2.14. The van der Waals surface area contributed by atoms with E-state index < -0.39 is 24.5 Å². The molecular formula is C11H13FN2O3. The Morgan fingerprint density at radius 3 is 2.47 bits per heavy atom. The molecule has 0 aliphatic carbocycles. The van der Waals surface area contributed by atoms with Crippen LogP contribution in [0.1, 0.15) is 5.56 Å². The van der Waals surface area contributed by atoms with E-state index in [-0.39, 0.29) is 12.2 Å². The van der Waals surface area contributed by atoms with Gasteiger partial charge in [0, 0.05) is 0 Å². The van der Waals surface area contributed by atoms with E-state index in [1.165, 1.54) is 24.3 Å². The van der Waals surface area contributed by atoms with Gasteiger partial charge in [0.2, 0.25) is 5.91 Å². The minimum atomic E-state index is -1.13. The second kappa shape index (κ2) is 5.95. The van der Waals surface area contributed by atoms with Gasteiger partial charge in [-0.25, -0.2) is 4.39 Å². The molecule has 0 unspecified atom stereocenters. The molecule has 4 N–H and O–H groups in total. The summed E-state index contributed by atoms with van der Waals surface area (Å²) in [6, 6.07) is 4.76. The fourth-order valence-electron chi connectivity index (χ4n) is 1.26. The van der Waals surface area contributed by atoms with Crippen molar-refractivity contribution in [3.05, 3.63) is 35.6 Å². The van der Waals surface area contributed by atoms with Crippen LogP contribution in [0.4, 0.5) is 4.39 Å². The molecule has 1 rings (SSSR count). The van der Waals surface area contributed by atoms with Crippen molar-refractivity contribution in [2.24, 2.45) is 5.73 Å². The Morgan fingerprint density at radius 2 is 1.94 bits per heavy atom. The van der Waals surface area contributed by atoms with Crippen molar-refractivity contribution >= 4 is 11.9 Å². The van der Waals surface area contributed by atoms with Crippen LogP contribution in [0.15, 0.2) is 24.3 Å². The molecule has 0 bridgehead atoms. The van der Waals surface area contributed by atoms with Gasteiger partial charge in [0.1, 0.15) is 12.4 Å². The summed E-state index contributed by atoms with van der Waals surface area (Å²) < 4.78 is 12.6. The number of nitrogens with one attached hydrogen (secondary N) is 1. The molecule has 1 aromatic carbocycles. The molecule has 1 atom stereocenters. The molecule has 0 saturated carbocycles. The van der Waals surface area contributed by atoms with Crippen molar-refractivity contribution < 1.29 is 19.1 Å². The Balaban J connectivity index is 2.48. The topological polar surface area (TPSA) is 92.4 Å². The maximum Gasteiger partial charge on any atom is 0.322 e. The van der Waals surface area contributed by atoms with Crippen LogP contribution in [0.3, 0.4) is 0 Å². The van der Waals surface area contributed by atoms with Gasteiger partial charge in [0.05, 0.1) is 6.04 Å². The summed E-state index contributed by atoms with van der Waals surface area (Å²) in [5, 5.41) is 10.5. The lowest BCUT2D eigenvalue weighted by Crippen LogP contribution is -2.43. The molecular weight excluding hydrogens is 227 g/mol. The standard InChI is InChI=1S/C11H13FN2O3/c12-8-3-1-7(2-4-8)5-9(13)11(17)14-6-10(15)16/h1-4,9H,5-6,13H2,(H,14,17)(H,15,16)/t9-/m0/s1. The average molecular weight is 240 g/mol. The molecule has 0 aliphatic rings. The molecule has 92 valence electrons. The number of carboxylic acids is 1. The van der Waals surface area contributed by atoms with Gasteiger partial charge in [-0.3, -0.25) is 9.59 Å². The van der Waals surface area contributed by atoms with Gasteiger partial charge in [-0.1, -0.05) is 12.1 Å². The van der Waals surface area contributed by atoms with Crippen molar-refractivity contribution in [3.63, 3.8) is 0 Å². The van der Waals surface area contributed by atoms with Crippen LogP contribution in [0.25, 0.3) is 0 Å². The zero-order valence-electron chi connectivity index (χ0n) is 9.02. The zero-order valence-corrected chi connectivity index (χ0v) is 9.02. The number of amides is 1. The molecule has 0 spiro atoms. The third-order valence-electron chi connectivity index (χ3n) is 2.12. The quantitative estimate of drug-likeness (QED) is 0.670. The van der Waals surface area contributed by atoms with E-state index in [4.69, 9.17) is 10.8 Å². The fraction of sp³-hybridized carbons (Fsp3) is 0.273. The third kappa shape index (κ3) is 4.60. The predicted molar refractivity (Wildman–Crippen MR) is 58.7 cm³/mol.